The van der Waals surface area contributed by atoms with Crippen molar-refractivity contribution in [2.75, 3.05) is 33.7 Å². The molecule has 10 heteroatoms. The second kappa shape index (κ2) is 9.74. The highest BCUT2D eigenvalue weighted by Gasteiger charge is 2.32. The van der Waals surface area contributed by atoms with Gasteiger partial charge in [-0.25, -0.2) is 12.8 Å². The number of rotatable bonds is 7. The van der Waals surface area contributed by atoms with Gasteiger partial charge in [0, 0.05) is 30.4 Å². The van der Waals surface area contributed by atoms with Gasteiger partial charge in [-0.1, -0.05) is 17.7 Å². The normalized spacial score (nSPS) is 17.2. The third-order valence-electron chi connectivity index (χ3n) is 5.32. The maximum Gasteiger partial charge on any atom is 0.243 e. The monoisotopic (exact) mass is 473 g/mol. The zero-order valence-corrected chi connectivity index (χ0v) is 19.2. The topological polar surface area (TPSA) is 69.7 Å². The van der Waals surface area contributed by atoms with Crippen LogP contribution in [0.2, 0.25) is 5.02 Å². The summed E-state index contributed by atoms with van der Waals surface area (Å²) in [5.41, 5.74) is 0. The second-order valence-corrected chi connectivity index (χ2v) is 10.8. The molecule has 1 saturated heterocycles. The predicted molar refractivity (Wildman–Crippen MR) is 117 cm³/mol. The number of halogens is 2. The Hall–Kier alpha value is -1.52. The summed E-state index contributed by atoms with van der Waals surface area (Å²) in [5, 5.41) is 4.80. The van der Waals surface area contributed by atoms with Gasteiger partial charge in [0.05, 0.1) is 16.0 Å². The third kappa shape index (κ3) is 5.20. The molecular formula is C20H25ClFN3O3S2. The second-order valence-electron chi connectivity index (χ2n) is 7.49. The van der Waals surface area contributed by atoms with Gasteiger partial charge in [0.2, 0.25) is 15.9 Å². The molecule has 0 unspecified atom stereocenters. The van der Waals surface area contributed by atoms with Crippen LogP contribution in [-0.4, -0.2) is 57.3 Å². The van der Waals surface area contributed by atoms with Crippen molar-refractivity contribution < 1.29 is 17.6 Å². The molecule has 1 aliphatic heterocycles. The molecule has 0 bridgehead atoms. The highest BCUT2D eigenvalue weighted by atomic mass is 35.5. The van der Waals surface area contributed by atoms with Crippen LogP contribution in [0.15, 0.2) is 40.6 Å². The van der Waals surface area contributed by atoms with Gasteiger partial charge in [0.25, 0.3) is 0 Å². The van der Waals surface area contributed by atoms with Gasteiger partial charge in [-0.3, -0.25) is 4.79 Å². The van der Waals surface area contributed by atoms with Crippen LogP contribution >= 0.6 is 22.9 Å². The van der Waals surface area contributed by atoms with Crippen LogP contribution in [0.5, 0.6) is 0 Å². The Kier molecular flexibility index (Phi) is 7.52. The molecule has 1 amide bonds. The van der Waals surface area contributed by atoms with Gasteiger partial charge < -0.3 is 10.2 Å². The summed E-state index contributed by atoms with van der Waals surface area (Å²) in [7, 11) is 0.176. The van der Waals surface area contributed by atoms with Gasteiger partial charge in [0.15, 0.2) is 0 Å². The number of carbonyl (C=O) groups is 1. The first kappa shape index (κ1) is 23.1. The van der Waals surface area contributed by atoms with E-state index in [0.29, 0.717) is 19.4 Å². The van der Waals surface area contributed by atoms with E-state index in [1.54, 1.807) is 11.3 Å². The number of sulfonamides is 1. The van der Waals surface area contributed by atoms with E-state index in [4.69, 9.17) is 11.6 Å². The van der Waals surface area contributed by atoms with Gasteiger partial charge >= 0.3 is 0 Å². The van der Waals surface area contributed by atoms with Gasteiger partial charge in [-0.2, -0.15) is 4.31 Å². The minimum absolute atomic E-state index is 0.0402. The number of amides is 1. The standard InChI is InChI=1S/C20H25ClFN3O3S2/c1-24(2)18(19-4-3-11-29-19)13-23-20(26)14-7-9-25(10-8-14)30(27,28)15-5-6-17(22)16(21)12-15/h3-6,11-12,14,18H,7-10,13H2,1-2H3,(H,23,26)/t18-/m0/s1. The fourth-order valence-electron chi connectivity index (χ4n) is 3.50. The molecule has 1 aromatic heterocycles. The number of hydrogen-bond acceptors (Lipinski definition) is 5. The van der Waals surface area contributed by atoms with Crippen molar-refractivity contribution in [2.45, 2.75) is 23.8 Å². The van der Waals surface area contributed by atoms with E-state index in [1.165, 1.54) is 15.2 Å². The highest BCUT2D eigenvalue weighted by Crippen LogP contribution is 2.27. The van der Waals surface area contributed by atoms with Crippen molar-refractivity contribution in [3.05, 3.63) is 51.4 Å². The fraction of sp³-hybridized carbons (Fsp3) is 0.450. The van der Waals surface area contributed by atoms with E-state index >= 15 is 0 Å². The van der Waals surface area contributed by atoms with Crippen molar-refractivity contribution >= 4 is 38.9 Å². The minimum Gasteiger partial charge on any atom is -0.354 e. The molecule has 1 fully saturated rings. The number of thiophene rings is 1. The maximum atomic E-state index is 13.4. The predicted octanol–water partition coefficient (Wildman–Crippen LogP) is 3.36. The van der Waals surface area contributed by atoms with E-state index in [2.05, 4.69) is 10.2 Å². The third-order valence-corrected chi connectivity index (χ3v) is 8.48. The number of nitrogens with zero attached hydrogens (tertiary/aromatic N) is 2. The number of likely N-dealkylation sites (N-methyl/N-ethyl adjacent to an activating group) is 1. The molecule has 0 radical (unpaired) electrons. The lowest BCUT2D eigenvalue weighted by Gasteiger charge is -2.31. The minimum atomic E-state index is -3.77. The zero-order chi connectivity index (χ0) is 21.9. The molecule has 0 aliphatic carbocycles. The first-order valence-electron chi connectivity index (χ1n) is 9.63. The Balaban J connectivity index is 1.57. The molecule has 30 heavy (non-hydrogen) atoms. The molecule has 1 N–H and O–H groups in total. The van der Waals surface area contributed by atoms with Crippen LogP contribution in [-0.2, 0) is 14.8 Å². The van der Waals surface area contributed by atoms with E-state index in [9.17, 15) is 17.6 Å². The Morgan fingerprint density at radius 3 is 2.60 bits per heavy atom. The summed E-state index contributed by atoms with van der Waals surface area (Å²) in [5.74, 6) is -0.954. The molecule has 1 aliphatic rings. The fourth-order valence-corrected chi connectivity index (χ4v) is 6.17. The summed E-state index contributed by atoms with van der Waals surface area (Å²) >= 11 is 7.38. The summed E-state index contributed by atoms with van der Waals surface area (Å²) < 4.78 is 40.3. The lowest BCUT2D eigenvalue weighted by atomic mass is 9.97. The Bertz CT molecular complexity index is 975. The van der Waals surface area contributed by atoms with Crippen LogP contribution in [0, 0.1) is 11.7 Å². The lowest BCUT2D eigenvalue weighted by molar-refractivity contribution is -0.126. The average molecular weight is 474 g/mol. The molecule has 1 aromatic carbocycles. The Labute approximate surface area is 185 Å². The number of hydrogen-bond donors (Lipinski definition) is 1. The number of carbonyl (C=O) groups excluding carboxylic acids is 1. The molecule has 3 rings (SSSR count). The lowest BCUT2D eigenvalue weighted by Crippen LogP contribution is -2.44. The summed E-state index contributed by atoms with van der Waals surface area (Å²) in [6.07, 6.45) is 0.872. The average Bonchev–Trinajstić information content (AvgIpc) is 3.24. The van der Waals surface area contributed by atoms with Crippen LogP contribution in [0.25, 0.3) is 0 Å². The Morgan fingerprint density at radius 2 is 2.03 bits per heavy atom. The van der Waals surface area contributed by atoms with E-state index < -0.39 is 15.8 Å². The van der Waals surface area contributed by atoms with E-state index in [1.807, 2.05) is 31.6 Å². The number of piperidine rings is 1. The quantitative estimate of drug-likeness (QED) is 0.669. The van der Waals surface area contributed by atoms with Crippen LogP contribution < -0.4 is 5.32 Å². The number of nitrogens with one attached hydrogen (secondary N) is 1. The van der Waals surface area contributed by atoms with Crippen molar-refractivity contribution in [3.63, 3.8) is 0 Å². The summed E-state index contributed by atoms with van der Waals surface area (Å²) in [6.45, 7) is 0.966. The van der Waals surface area contributed by atoms with E-state index in [-0.39, 0.29) is 40.9 Å². The molecule has 2 aromatic rings. The molecule has 6 nitrogen and oxygen atoms in total. The van der Waals surface area contributed by atoms with Gasteiger partial charge in [-0.05, 0) is 56.6 Å². The van der Waals surface area contributed by atoms with Crippen molar-refractivity contribution in [3.8, 4) is 0 Å². The van der Waals surface area contributed by atoms with Crippen LogP contribution in [0.3, 0.4) is 0 Å². The molecule has 1 atom stereocenters. The van der Waals surface area contributed by atoms with Crippen LogP contribution in [0.1, 0.15) is 23.8 Å². The van der Waals surface area contributed by atoms with E-state index in [0.717, 1.165) is 12.1 Å². The molecule has 164 valence electrons. The van der Waals surface area contributed by atoms with Crippen molar-refractivity contribution in [2.24, 2.45) is 5.92 Å². The molecule has 2 heterocycles. The first-order valence-corrected chi connectivity index (χ1v) is 12.3. The Morgan fingerprint density at radius 1 is 1.33 bits per heavy atom. The first-order chi connectivity index (χ1) is 14.2. The SMILES string of the molecule is CN(C)[C@@H](CNC(=O)C1CCN(S(=O)(=O)c2ccc(F)c(Cl)c2)CC1)c1cccs1. The smallest absolute Gasteiger partial charge is 0.243 e. The van der Waals surface area contributed by atoms with Crippen molar-refractivity contribution in [1.82, 2.24) is 14.5 Å². The maximum absolute atomic E-state index is 13.4. The molecule has 0 spiro atoms. The summed E-state index contributed by atoms with van der Waals surface area (Å²) in [6, 6.07) is 7.51. The summed E-state index contributed by atoms with van der Waals surface area (Å²) in [4.78, 5) is 15.9. The highest BCUT2D eigenvalue weighted by molar-refractivity contribution is 7.89. The largest absolute Gasteiger partial charge is 0.354 e. The molecule has 0 saturated carbocycles. The van der Waals surface area contributed by atoms with Gasteiger partial charge in [-0.15, -0.1) is 11.3 Å². The molecular weight excluding hydrogens is 449 g/mol. The van der Waals surface area contributed by atoms with Crippen molar-refractivity contribution in [1.29, 1.82) is 0 Å². The van der Waals surface area contributed by atoms with Gasteiger partial charge in [0.1, 0.15) is 5.82 Å². The zero-order valence-electron chi connectivity index (χ0n) is 16.8. The van der Waals surface area contributed by atoms with Crippen LogP contribution in [0.4, 0.5) is 4.39 Å². The number of benzene rings is 1.